The lowest BCUT2D eigenvalue weighted by Crippen LogP contribution is -2.13. The molecule has 0 atom stereocenters. The predicted molar refractivity (Wildman–Crippen MR) is 86.3 cm³/mol. The standard InChI is InChI=1S/C17H18ClF3N2O/c1-10-13(18)22-15(17(19,20)21)23-14(10)24-9-11-5-7-12(8-6-11)16(2,3)4/h5-8H,9H2,1-4H3. The summed E-state index contributed by atoms with van der Waals surface area (Å²) in [6.07, 6.45) is -4.68. The molecule has 0 spiro atoms. The second-order valence-corrected chi connectivity index (χ2v) is 6.86. The molecule has 0 unspecified atom stereocenters. The number of ether oxygens (including phenoxy) is 1. The molecule has 130 valence electrons. The quantitative estimate of drug-likeness (QED) is 0.695. The minimum Gasteiger partial charge on any atom is -0.472 e. The fraction of sp³-hybridized carbons (Fsp3) is 0.412. The topological polar surface area (TPSA) is 35.0 Å². The fourth-order valence-electron chi connectivity index (χ4n) is 1.99. The largest absolute Gasteiger partial charge is 0.472 e. The average molecular weight is 359 g/mol. The van der Waals surface area contributed by atoms with Crippen molar-refractivity contribution < 1.29 is 17.9 Å². The zero-order valence-corrected chi connectivity index (χ0v) is 14.6. The smallest absolute Gasteiger partial charge is 0.451 e. The van der Waals surface area contributed by atoms with Crippen LogP contribution >= 0.6 is 11.6 Å². The third kappa shape index (κ3) is 4.38. The van der Waals surface area contributed by atoms with Crippen LogP contribution in [0, 0.1) is 6.92 Å². The van der Waals surface area contributed by atoms with Gasteiger partial charge in [0.05, 0.1) is 0 Å². The third-order valence-electron chi connectivity index (χ3n) is 3.49. The number of aromatic nitrogens is 2. The Kier molecular flexibility index (Phi) is 5.08. The monoisotopic (exact) mass is 358 g/mol. The Morgan fingerprint density at radius 1 is 1.04 bits per heavy atom. The molecule has 0 bridgehead atoms. The van der Waals surface area contributed by atoms with Crippen LogP contribution in [0.25, 0.3) is 0 Å². The second-order valence-electron chi connectivity index (χ2n) is 6.50. The van der Waals surface area contributed by atoms with Crippen molar-refractivity contribution in [1.29, 1.82) is 0 Å². The SMILES string of the molecule is Cc1c(Cl)nc(C(F)(F)F)nc1OCc1ccc(C(C)(C)C)cc1. The fourth-order valence-corrected chi connectivity index (χ4v) is 2.15. The van der Waals surface area contributed by atoms with Crippen LogP contribution in [-0.2, 0) is 18.2 Å². The van der Waals surface area contributed by atoms with E-state index in [0.29, 0.717) is 0 Å². The number of benzene rings is 1. The van der Waals surface area contributed by atoms with Crippen LogP contribution in [0.4, 0.5) is 13.2 Å². The first-order chi connectivity index (χ1) is 11.0. The second kappa shape index (κ2) is 6.59. The number of hydrogen-bond donors (Lipinski definition) is 0. The number of nitrogens with zero attached hydrogens (tertiary/aromatic N) is 2. The maximum atomic E-state index is 12.8. The molecule has 0 radical (unpaired) electrons. The summed E-state index contributed by atoms with van der Waals surface area (Å²) >= 11 is 5.75. The molecule has 2 rings (SSSR count). The molecule has 0 saturated carbocycles. The first kappa shape index (κ1) is 18.5. The molecule has 0 aliphatic heterocycles. The highest BCUT2D eigenvalue weighted by atomic mass is 35.5. The normalized spacial score (nSPS) is 12.3. The molecular formula is C17H18ClF3N2O. The number of alkyl halides is 3. The first-order valence-electron chi connectivity index (χ1n) is 7.32. The molecule has 0 saturated heterocycles. The lowest BCUT2D eigenvalue weighted by atomic mass is 9.87. The van der Waals surface area contributed by atoms with Gasteiger partial charge in [-0.25, -0.2) is 4.98 Å². The molecule has 0 aliphatic rings. The molecule has 1 aromatic heterocycles. The summed E-state index contributed by atoms with van der Waals surface area (Å²) in [5, 5.41) is -0.268. The molecule has 1 aromatic carbocycles. The summed E-state index contributed by atoms with van der Waals surface area (Å²) in [6.45, 7) is 7.91. The van der Waals surface area contributed by atoms with Crippen LogP contribution in [0.5, 0.6) is 5.88 Å². The highest BCUT2D eigenvalue weighted by Gasteiger charge is 2.36. The van der Waals surface area contributed by atoms with Gasteiger partial charge >= 0.3 is 6.18 Å². The van der Waals surface area contributed by atoms with E-state index in [0.717, 1.165) is 11.1 Å². The van der Waals surface area contributed by atoms with Crippen LogP contribution in [0.2, 0.25) is 5.15 Å². The van der Waals surface area contributed by atoms with Crippen molar-refractivity contribution in [2.75, 3.05) is 0 Å². The van der Waals surface area contributed by atoms with Crippen LogP contribution < -0.4 is 4.74 Å². The summed E-state index contributed by atoms with van der Waals surface area (Å²) in [6, 6.07) is 7.70. The molecular weight excluding hydrogens is 341 g/mol. The van der Waals surface area contributed by atoms with E-state index in [2.05, 4.69) is 30.7 Å². The zero-order chi connectivity index (χ0) is 18.1. The van der Waals surface area contributed by atoms with Crippen molar-refractivity contribution in [1.82, 2.24) is 9.97 Å². The average Bonchev–Trinajstić information content (AvgIpc) is 2.47. The molecule has 24 heavy (non-hydrogen) atoms. The summed E-state index contributed by atoms with van der Waals surface area (Å²) in [4.78, 5) is 6.68. The lowest BCUT2D eigenvalue weighted by molar-refractivity contribution is -0.145. The van der Waals surface area contributed by atoms with Gasteiger partial charge in [0.1, 0.15) is 11.8 Å². The van der Waals surface area contributed by atoms with Crippen molar-refractivity contribution in [3.8, 4) is 5.88 Å². The summed E-state index contributed by atoms with van der Waals surface area (Å²) < 4.78 is 43.7. The summed E-state index contributed by atoms with van der Waals surface area (Å²) in [7, 11) is 0. The zero-order valence-electron chi connectivity index (χ0n) is 13.8. The molecule has 0 aliphatic carbocycles. The Hall–Kier alpha value is -1.82. The van der Waals surface area contributed by atoms with E-state index >= 15 is 0 Å². The van der Waals surface area contributed by atoms with Gasteiger partial charge in [-0.2, -0.15) is 18.2 Å². The predicted octanol–water partition coefficient (Wildman–Crippen LogP) is 5.33. The number of rotatable bonds is 3. The maximum Gasteiger partial charge on any atom is 0.451 e. The molecule has 1 heterocycles. The van der Waals surface area contributed by atoms with Gasteiger partial charge in [-0.1, -0.05) is 56.6 Å². The number of hydrogen-bond acceptors (Lipinski definition) is 3. The molecule has 3 nitrogen and oxygen atoms in total. The van der Waals surface area contributed by atoms with E-state index in [-0.39, 0.29) is 28.6 Å². The molecule has 7 heteroatoms. The van der Waals surface area contributed by atoms with Gasteiger partial charge in [0.15, 0.2) is 0 Å². The molecule has 0 amide bonds. The molecule has 2 aromatic rings. The Bertz CT molecular complexity index is 722. The lowest BCUT2D eigenvalue weighted by Gasteiger charge is -2.19. The van der Waals surface area contributed by atoms with Crippen LogP contribution in [-0.4, -0.2) is 9.97 Å². The van der Waals surface area contributed by atoms with E-state index in [1.54, 1.807) is 0 Å². The van der Waals surface area contributed by atoms with Crippen molar-refractivity contribution >= 4 is 11.6 Å². The van der Waals surface area contributed by atoms with Crippen LogP contribution in [0.3, 0.4) is 0 Å². The molecule has 0 N–H and O–H groups in total. The minimum atomic E-state index is -4.68. The molecule has 0 fully saturated rings. The maximum absolute atomic E-state index is 12.8. The van der Waals surface area contributed by atoms with Gasteiger partial charge in [-0.15, -0.1) is 0 Å². The Morgan fingerprint density at radius 3 is 2.12 bits per heavy atom. The summed E-state index contributed by atoms with van der Waals surface area (Å²) in [5.41, 5.74) is 2.28. The van der Waals surface area contributed by atoms with Crippen molar-refractivity contribution in [3.05, 3.63) is 51.9 Å². The van der Waals surface area contributed by atoms with E-state index in [1.165, 1.54) is 6.92 Å². The Morgan fingerprint density at radius 2 is 1.62 bits per heavy atom. The van der Waals surface area contributed by atoms with Gasteiger partial charge in [-0.3, -0.25) is 0 Å². The summed E-state index contributed by atoms with van der Waals surface area (Å²) in [5.74, 6) is -1.47. The van der Waals surface area contributed by atoms with Crippen molar-refractivity contribution in [3.63, 3.8) is 0 Å². The van der Waals surface area contributed by atoms with Gasteiger partial charge in [-0.05, 0) is 23.5 Å². The highest BCUT2D eigenvalue weighted by Crippen LogP contribution is 2.31. The van der Waals surface area contributed by atoms with Gasteiger partial charge in [0.2, 0.25) is 11.7 Å². The Balaban J connectivity index is 2.19. The van der Waals surface area contributed by atoms with Gasteiger partial charge in [0.25, 0.3) is 0 Å². The van der Waals surface area contributed by atoms with Gasteiger partial charge in [0, 0.05) is 5.56 Å². The first-order valence-corrected chi connectivity index (χ1v) is 7.70. The van der Waals surface area contributed by atoms with Gasteiger partial charge < -0.3 is 4.74 Å². The minimum absolute atomic E-state index is 0.0256. The highest BCUT2D eigenvalue weighted by molar-refractivity contribution is 6.30. The number of halogens is 4. The van der Waals surface area contributed by atoms with Crippen LogP contribution in [0.1, 0.15) is 43.3 Å². The van der Waals surface area contributed by atoms with Crippen molar-refractivity contribution in [2.24, 2.45) is 0 Å². The van der Waals surface area contributed by atoms with E-state index < -0.39 is 12.0 Å². The van der Waals surface area contributed by atoms with Crippen molar-refractivity contribution in [2.45, 2.75) is 45.9 Å². The third-order valence-corrected chi connectivity index (χ3v) is 3.86. The van der Waals surface area contributed by atoms with E-state index in [9.17, 15) is 13.2 Å². The Labute approximate surface area is 143 Å². The van der Waals surface area contributed by atoms with E-state index in [1.807, 2.05) is 24.3 Å². The van der Waals surface area contributed by atoms with Crippen LogP contribution in [0.15, 0.2) is 24.3 Å². The van der Waals surface area contributed by atoms with E-state index in [4.69, 9.17) is 16.3 Å².